The SMILES string of the molecule is CC(C)c1ccc(/C=C/C(=O)Nc2cnn(COc3cccc(Cl)c3)c2)cc1. The molecule has 1 aromatic heterocycles. The zero-order valence-electron chi connectivity index (χ0n) is 15.8. The van der Waals surface area contributed by atoms with E-state index >= 15 is 0 Å². The van der Waals surface area contributed by atoms with Gasteiger partial charge in [0.2, 0.25) is 5.91 Å². The number of hydrogen-bond donors (Lipinski definition) is 1. The molecule has 0 aliphatic carbocycles. The topological polar surface area (TPSA) is 56.2 Å². The first-order valence-corrected chi connectivity index (χ1v) is 9.37. The summed E-state index contributed by atoms with van der Waals surface area (Å²) in [7, 11) is 0. The van der Waals surface area contributed by atoms with Gasteiger partial charge in [-0.3, -0.25) is 4.79 Å². The number of halogens is 1. The molecule has 28 heavy (non-hydrogen) atoms. The molecule has 0 radical (unpaired) electrons. The quantitative estimate of drug-likeness (QED) is 0.549. The van der Waals surface area contributed by atoms with Gasteiger partial charge >= 0.3 is 0 Å². The van der Waals surface area contributed by atoms with E-state index in [1.54, 1.807) is 35.3 Å². The highest BCUT2D eigenvalue weighted by Gasteiger charge is 2.03. The van der Waals surface area contributed by atoms with Crippen molar-refractivity contribution in [1.82, 2.24) is 9.78 Å². The van der Waals surface area contributed by atoms with Crippen LogP contribution in [-0.2, 0) is 11.5 Å². The number of anilines is 1. The summed E-state index contributed by atoms with van der Waals surface area (Å²) < 4.78 is 7.20. The van der Waals surface area contributed by atoms with Crippen molar-refractivity contribution >= 4 is 29.3 Å². The Balaban J connectivity index is 1.51. The van der Waals surface area contributed by atoms with Crippen LogP contribution in [0.25, 0.3) is 6.08 Å². The molecule has 5 nitrogen and oxygen atoms in total. The summed E-state index contributed by atoms with van der Waals surface area (Å²) in [5.74, 6) is 0.920. The molecule has 0 aliphatic heterocycles. The number of amides is 1. The molecule has 2 aromatic carbocycles. The summed E-state index contributed by atoms with van der Waals surface area (Å²) in [6.45, 7) is 4.52. The van der Waals surface area contributed by atoms with Gasteiger partial charge in [-0.25, -0.2) is 4.68 Å². The molecule has 0 fully saturated rings. The smallest absolute Gasteiger partial charge is 0.248 e. The van der Waals surface area contributed by atoms with Gasteiger partial charge in [0.15, 0.2) is 6.73 Å². The van der Waals surface area contributed by atoms with E-state index in [0.29, 0.717) is 22.4 Å². The Bertz CT molecular complexity index is 962. The lowest BCUT2D eigenvalue weighted by molar-refractivity contribution is -0.111. The van der Waals surface area contributed by atoms with Crippen molar-refractivity contribution in [3.8, 4) is 5.75 Å². The normalized spacial score (nSPS) is 11.1. The standard InChI is InChI=1S/C22H22ClN3O2/c1-16(2)18-9-6-17(7-10-18)8-11-22(27)25-20-13-24-26(14-20)15-28-21-5-3-4-19(23)12-21/h3-14,16H,15H2,1-2H3,(H,25,27)/b11-8+. The molecule has 1 heterocycles. The molecule has 0 unspecified atom stereocenters. The van der Waals surface area contributed by atoms with Crippen LogP contribution in [0, 0.1) is 0 Å². The monoisotopic (exact) mass is 395 g/mol. The Kier molecular flexibility index (Phi) is 6.50. The average Bonchev–Trinajstić information content (AvgIpc) is 3.12. The second-order valence-corrected chi connectivity index (χ2v) is 7.08. The fraction of sp³-hybridized carbons (Fsp3) is 0.182. The summed E-state index contributed by atoms with van der Waals surface area (Å²) >= 11 is 5.93. The molecule has 0 spiro atoms. The fourth-order valence-electron chi connectivity index (χ4n) is 2.54. The lowest BCUT2D eigenvalue weighted by atomic mass is 10.0. The van der Waals surface area contributed by atoms with Crippen molar-refractivity contribution in [3.63, 3.8) is 0 Å². The lowest BCUT2D eigenvalue weighted by Crippen LogP contribution is -2.08. The van der Waals surface area contributed by atoms with E-state index in [2.05, 4.69) is 36.4 Å². The maximum absolute atomic E-state index is 12.1. The van der Waals surface area contributed by atoms with Crippen LogP contribution in [0.1, 0.15) is 30.9 Å². The number of aromatic nitrogens is 2. The number of nitrogens with one attached hydrogen (secondary N) is 1. The van der Waals surface area contributed by atoms with E-state index in [1.807, 2.05) is 24.3 Å². The van der Waals surface area contributed by atoms with Crippen molar-refractivity contribution in [2.45, 2.75) is 26.5 Å². The Hall–Kier alpha value is -3.05. The lowest BCUT2D eigenvalue weighted by Gasteiger charge is -2.06. The Labute approximate surface area is 169 Å². The maximum Gasteiger partial charge on any atom is 0.248 e. The van der Waals surface area contributed by atoms with Gasteiger partial charge < -0.3 is 10.1 Å². The molecule has 1 N–H and O–H groups in total. The van der Waals surface area contributed by atoms with E-state index in [4.69, 9.17) is 16.3 Å². The predicted octanol–water partition coefficient (Wildman–Crippen LogP) is 5.35. The molecule has 144 valence electrons. The molecule has 0 saturated heterocycles. The number of carbonyl (C=O) groups excluding carboxylic acids is 1. The van der Waals surface area contributed by atoms with Crippen LogP contribution in [0.3, 0.4) is 0 Å². The van der Waals surface area contributed by atoms with Crippen LogP contribution in [-0.4, -0.2) is 15.7 Å². The third kappa shape index (κ3) is 5.72. The zero-order valence-corrected chi connectivity index (χ0v) is 16.6. The van der Waals surface area contributed by atoms with Crippen molar-refractivity contribution in [1.29, 1.82) is 0 Å². The minimum atomic E-state index is -0.219. The number of carbonyl (C=O) groups is 1. The van der Waals surface area contributed by atoms with E-state index in [1.165, 1.54) is 11.6 Å². The molecule has 6 heteroatoms. The Morgan fingerprint density at radius 3 is 2.75 bits per heavy atom. The minimum absolute atomic E-state index is 0.217. The number of nitrogens with zero attached hydrogens (tertiary/aromatic N) is 2. The van der Waals surface area contributed by atoms with Crippen molar-refractivity contribution in [3.05, 3.63) is 83.2 Å². The summed E-state index contributed by atoms with van der Waals surface area (Å²) in [4.78, 5) is 12.1. The van der Waals surface area contributed by atoms with Gasteiger partial charge in [0.25, 0.3) is 0 Å². The van der Waals surface area contributed by atoms with Gasteiger partial charge in [-0.1, -0.05) is 55.8 Å². The largest absolute Gasteiger partial charge is 0.471 e. The molecule has 0 bridgehead atoms. The van der Waals surface area contributed by atoms with Gasteiger partial charge in [-0.05, 0) is 41.3 Å². The molecular weight excluding hydrogens is 374 g/mol. The molecule has 0 aliphatic rings. The first kappa shape index (κ1) is 19.7. The highest BCUT2D eigenvalue weighted by atomic mass is 35.5. The maximum atomic E-state index is 12.1. The number of ether oxygens (including phenoxy) is 1. The van der Waals surface area contributed by atoms with Crippen LogP contribution >= 0.6 is 11.6 Å². The zero-order chi connectivity index (χ0) is 19.9. The van der Waals surface area contributed by atoms with Crippen molar-refractivity contribution in [2.24, 2.45) is 0 Å². The molecule has 0 saturated carbocycles. The number of hydrogen-bond acceptors (Lipinski definition) is 3. The molecule has 1 amide bonds. The van der Waals surface area contributed by atoms with Crippen LogP contribution in [0.5, 0.6) is 5.75 Å². The van der Waals surface area contributed by atoms with Gasteiger partial charge in [0.1, 0.15) is 5.75 Å². The van der Waals surface area contributed by atoms with Crippen LogP contribution < -0.4 is 10.1 Å². The highest BCUT2D eigenvalue weighted by molar-refractivity contribution is 6.30. The van der Waals surface area contributed by atoms with E-state index in [-0.39, 0.29) is 12.6 Å². The van der Waals surface area contributed by atoms with E-state index < -0.39 is 0 Å². The third-order valence-corrected chi connectivity index (χ3v) is 4.33. The van der Waals surface area contributed by atoms with Crippen LogP contribution in [0.2, 0.25) is 5.02 Å². The van der Waals surface area contributed by atoms with Crippen molar-refractivity contribution in [2.75, 3.05) is 5.32 Å². The summed E-state index contributed by atoms with van der Waals surface area (Å²) in [5.41, 5.74) is 2.85. The van der Waals surface area contributed by atoms with Crippen molar-refractivity contribution < 1.29 is 9.53 Å². The highest BCUT2D eigenvalue weighted by Crippen LogP contribution is 2.18. The van der Waals surface area contributed by atoms with Crippen LogP contribution in [0.15, 0.2) is 67.0 Å². The van der Waals surface area contributed by atoms with Gasteiger partial charge in [-0.2, -0.15) is 5.10 Å². The first-order valence-electron chi connectivity index (χ1n) is 8.99. The number of benzene rings is 2. The second-order valence-electron chi connectivity index (χ2n) is 6.64. The molecule has 3 aromatic rings. The fourth-order valence-corrected chi connectivity index (χ4v) is 2.72. The van der Waals surface area contributed by atoms with Crippen LogP contribution in [0.4, 0.5) is 5.69 Å². The molecule has 3 rings (SSSR count). The van der Waals surface area contributed by atoms with E-state index in [9.17, 15) is 4.79 Å². The third-order valence-electron chi connectivity index (χ3n) is 4.09. The minimum Gasteiger partial charge on any atom is -0.471 e. The second kappa shape index (κ2) is 9.24. The van der Waals surface area contributed by atoms with Gasteiger partial charge in [-0.15, -0.1) is 0 Å². The molecular formula is C22H22ClN3O2. The summed E-state index contributed by atoms with van der Waals surface area (Å²) in [6, 6.07) is 15.3. The Morgan fingerprint density at radius 1 is 1.25 bits per heavy atom. The van der Waals surface area contributed by atoms with Gasteiger partial charge in [0.05, 0.1) is 18.1 Å². The number of rotatable bonds is 7. The predicted molar refractivity (Wildman–Crippen MR) is 113 cm³/mol. The molecule has 0 atom stereocenters. The summed E-state index contributed by atoms with van der Waals surface area (Å²) in [5, 5.41) is 7.56. The summed E-state index contributed by atoms with van der Waals surface area (Å²) in [6.07, 6.45) is 6.56. The average molecular weight is 396 g/mol. The van der Waals surface area contributed by atoms with E-state index in [0.717, 1.165) is 5.56 Å². The Morgan fingerprint density at radius 2 is 2.04 bits per heavy atom. The van der Waals surface area contributed by atoms with Gasteiger partial charge in [0, 0.05) is 11.1 Å². The first-order chi connectivity index (χ1) is 13.5.